The van der Waals surface area contributed by atoms with Gasteiger partial charge in [-0.2, -0.15) is 5.10 Å². The Hall–Kier alpha value is -1.92. The summed E-state index contributed by atoms with van der Waals surface area (Å²) in [7, 11) is 0. The molecule has 3 rings (SSSR count). The number of aliphatic hydroxyl groups is 1. The van der Waals surface area contributed by atoms with Crippen LogP contribution in [-0.2, 0) is 0 Å². The third-order valence-electron chi connectivity index (χ3n) is 3.05. The predicted molar refractivity (Wildman–Crippen MR) is 83.3 cm³/mol. The Bertz CT molecular complexity index is 772. The van der Waals surface area contributed by atoms with Gasteiger partial charge in [0.05, 0.1) is 23.0 Å². The SMILES string of the molecule is CC(CO)Oc1cccc(-c2ccn3ncc(Br)c3n2)c1. The quantitative estimate of drug-likeness (QED) is 0.788. The number of benzene rings is 1. The molecule has 0 spiro atoms. The van der Waals surface area contributed by atoms with Gasteiger partial charge in [0.25, 0.3) is 0 Å². The van der Waals surface area contributed by atoms with Crippen molar-refractivity contribution in [1.82, 2.24) is 14.6 Å². The largest absolute Gasteiger partial charge is 0.488 e. The molecule has 0 amide bonds. The lowest BCUT2D eigenvalue weighted by Crippen LogP contribution is -2.16. The summed E-state index contributed by atoms with van der Waals surface area (Å²) in [4.78, 5) is 4.59. The highest BCUT2D eigenvalue weighted by molar-refractivity contribution is 9.10. The molecule has 0 aliphatic carbocycles. The second kappa shape index (κ2) is 5.83. The van der Waals surface area contributed by atoms with Crippen molar-refractivity contribution in [2.45, 2.75) is 13.0 Å². The summed E-state index contributed by atoms with van der Waals surface area (Å²) in [5, 5.41) is 13.2. The van der Waals surface area contributed by atoms with Gasteiger partial charge in [0, 0.05) is 11.8 Å². The Morgan fingerprint density at radius 2 is 2.24 bits per heavy atom. The van der Waals surface area contributed by atoms with Crippen molar-refractivity contribution in [3.8, 4) is 17.0 Å². The van der Waals surface area contributed by atoms with Crippen molar-refractivity contribution in [2.75, 3.05) is 6.61 Å². The van der Waals surface area contributed by atoms with Gasteiger partial charge in [-0.15, -0.1) is 0 Å². The first-order valence-electron chi connectivity index (χ1n) is 6.55. The maximum absolute atomic E-state index is 9.06. The molecule has 1 aromatic carbocycles. The average molecular weight is 348 g/mol. The third kappa shape index (κ3) is 2.91. The molecule has 3 aromatic rings. The van der Waals surface area contributed by atoms with E-state index in [4.69, 9.17) is 9.84 Å². The molecular formula is C15H14BrN3O2. The first-order valence-corrected chi connectivity index (χ1v) is 7.34. The number of aliphatic hydroxyl groups excluding tert-OH is 1. The molecule has 0 saturated heterocycles. The number of nitrogens with zero attached hydrogens (tertiary/aromatic N) is 3. The zero-order valence-electron chi connectivity index (χ0n) is 11.4. The Kier molecular flexibility index (Phi) is 3.90. The molecule has 5 nitrogen and oxygen atoms in total. The van der Waals surface area contributed by atoms with E-state index in [-0.39, 0.29) is 12.7 Å². The van der Waals surface area contributed by atoms with Gasteiger partial charge < -0.3 is 9.84 Å². The first kappa shape index (κ1) is 14.0. The van der Waals surface area contributed by atoms with Crippen LogP contribution < -0.4 is 4.74 Å². The highest BCUT2D eigenvalue weighted by Crippen LogP contribution is 2.25. The Morgan fingerprint density at radius 3 is 3.05 bits per heavy atom. The number of fused-ring (bicyclic) bond motifs is 1. The van der Waals surface area contributed by atoms with Crippen LogP contribution in [0.2, 0.25) is 0 Å². The van der Waals surface area contributed by atoms with Gasteiger partial charge in [0.15, 0.2) is 5.65 Å². The van der Waals surface area contributed by atoms with Crippen LogP contribution in [0.1, 0.15) is 6.92 Å². The van der Waals surface area contributed by atoms with Crippen LogP contribution in [0, 0.1) is 0 Å². The van der Waals surface area contributed by atoms with Crippen LogP contribution in [0.15, 0.2) is 47.2 Å². The molecule has 2 aromatic heterocycles. The number of rotatable bonds is 4. The van der Waals surface area contributed by atoms with E-state index >= 15 is 0 Å². The lowest BCUT2D eigenvalue weighted by molar-refractivity contribution is 0.130. The summed E-state index contributed by atoms with van der Waals surface area (Å²) in [6.45, 7) is 1.80. The molecule has 1 N–H and O–H groups in total. The number of hydrogen-bond acceptors (Lipinski definition) is 4. The van der Waals surface area contributed by atoms with Crippen molar-refractivity contribution in [3.63, 3.8) is 0 Å². The van der Waals surface area contributed by atoms with Crippen LogP contribution >= 0.6 is 15.9 Å². The standard InChI is InChI=1S/C15H14BrN3O2/c1-10(9-20)21-12-4-2-3-11(7-12)14-5-6-19-15(18-14)13(16)8-17-19/h2-8,10,20H,9H2,1H3. The molecule has 6 heteroatoms. The Labute approximate surface area is 130 Å². The minimum Gasteiger partial charge on any atom is -0.488 e. The molecule has 108 valence electrons. The van der Waals surface area contributed by atoms with Gasteiger partial charge in [-0.1, -0.05) is 12.1 Å². The fraction of sp³-hybridized carbons (Fsp3) is 0.200. The molecule has 2 heterocycles. The second-order valence-electron chi connectivity index (χ2n) is 4.71. The summed E-state index contributed by atoms with van der Waals surface area (Å²) in [5.74, 6) is 0.711. The Balaban J connectivity index is 1.97. The molecular weight excluding hydrogens is 334 g/mol. The van der Waals surface area contributed by atoms with Crippen LogP contribution in [0.3, 0.4) is 0 Å². The summed E-state index contributed by atoms with van der Waals surface area (Å²) >= 11 is 3.43. The lowest BCUT2D eigenvalue weighted by atomic mass is 10.1. The van der Waals surface area contributed by atoms with Crippen molar-refractivity contribution in [1.29, 1.82) is 0 Å². The Morgan fingerprint density at radius 1 is 1.38 bits per heavy atom. The third-order valence-corrected chi connectivity index (χ3v) is 3.61. The molecule has 0 fully saturated rings. The maximum Gasteiger partial charge on any atom is 0.169 e. The molecule has 0 saturated carbocycles. The lowest BCUT2D eigenvalue weighted by Gasteiger charge is -2.12. The highest BCUT2D eigenvalue weighted by atomic mass is 79.9. The monoisotopic (exact) mass is 347 g/mol. The average Bonchev–Trinajstić information content (AvgIpc) is 2.88. The minimum absolute atomic E-state index is 0.0167. The van der Waals surface area contributed by atoms with Crippen LogP contribution in [0.5, 0.6) is 5.75 Å². The van der Waals surface area contributed by atoms with E-state index in [1.807, 2.05) is 43.5 Å². The molecule has 0 aliphatic rings. The van der Waals surface area contributed by atoms with E-state index in [1.165, 1.54) is 0 Å². The minimum atomic E-state index is -0.236. The topological polar surface area (TPSA) is 59.7 Å². The van der Waals surface area contributed by atoms with E-state index in [9.17, 15) is 0 Å². The fourth-order valence-corrected chi connectivity index (χ4v) is 2.36. The van der Waals surface area contributed by atoms with Crippen molar-refractivity contribution in [2.24, 2.45) is 0 Å². The van der Waals surface area contributed by atoms with Crippen molar-refractivity contribution >= 4 is 21.6 Å². The van der Waals surface area contributed by atoms with Crippen LogP contribution in [0.4, 0.5) is 0 Å². The molecule has 0 aliphatic heterocycles. The van der Waals surface area contributed by atoms with E-state index in [2.05, 4.69) is 26.0 Å². The predicted octanol–water partition coefficient (Wildman–Crippen LogP) is 2.92. The number of hydrogen-bond donors (Lipinski definition) is 1. The molecule has 0 radical (unpaired) electrons. The zero-order valence-corrected chi connectivity index (χ0v) is 13.0. The van der Waals surface area contributed by atoms with E-state index < -0.39 is 0 Å². The summed E-state index contributed by atoms with van der Waals surface area (Å²) in [6, 6.07) is 9.56. The molecule has 1 atom stereocenters. The van der Waals surface area contributed by atoms with Crippen molar-refractivity contribution in [3.05, 3.63) is 47.2 Å². The molecule has 21 heavy (non-hydrogen) atoms. The van der Waals surface area contributed by atoms with E-state index in [0.717, 1.165) is 21.4 Å². The maximum atomic E-state index is 9.06. The van der Waals surface area contributed by atoms with Gasteiger partial charge in [-0.05, 0) is 41.1 Å². The summed E-state index contributed by atoms with van der Waals surface area (Å²) < 4.78 is 8.18. The van der Waals surface area contributed by atoms with Crippen LogP contribution in [0.25, 0.3) is 16.9 Å². The fourth-order valence-electron chi connectivity index (χ4n) is 2.00. The number of ether oxygens (including phenoxy) is 1. The second-order valence-corrected chi connectivity index (χ2v) is 5.57. The van der Waals surface area contributed by atoms with Gasteiger partial charge in [-0.25, -0.2) is 9.50 Å². The van der Waals surface area contributed by atoms with Crippen LogP contribution in [-0.4, -0.2) is 32.4 Å². The summed E-state index contributed by atoms with van der Waals surface area (Å²) in [6.07, 6.45) is 3.35. The number of halogens is 1. The molecule has 0 bridgehead atoms. The summed E-state index contributed by atoms with van der Waals surface area (Å²) in [5.41, 5.74) is 2.56. The van der Waals surface area contributed by atoms with E-state index in [1.54, 1.807) is 10.7 Å². The number of aromatic nitrogens is 3. The van der Waals surface area contributed by atoms with E-state index in [0.29, 0.717) is 5.75 Å². The van der Waals surface area contributed by atoms with Crippen molar-refractivity contribution < 1.29 is 9.84 Å². The smallest absolute Gasteiger partial charge is 0.169 e. The van der Waals surface area contributed by atoms with Gasteiger partial charge >= 0.3 is 0 Å². The van der Waals surface area contributed by atoms with Gasteiger partial charge in [0.1, 0.15) is 11.9 Å². The molecule has 1 unspecified atom stereocenters. The highest BCUT2D eigenvalue weighted by Gasteiger charge is 2.08. The zero-order chi connectivity index (χ0) is 14.8. The normalized spacial score (nSPS) is 12.5. The van der Waals surface area contributed by atoms with Gasteiger partial charge in [-0.3, -0.25) is 0 Å². The first-order chi connectivity index (χ1) is 10.2. The van der Waals surface area contributed by atoms with Gasteiger partial charge in [0.2, 0.25) is 0 Å².